The van der Waals surface area contributed by atoms with Crippen molar-refractivity contribution in [2.45, 2.75) is 4.90 Å². The molecular formula is C13H9Cl2FN2O2S. The van der Waals surface area contributed by atoms with Crippen LogP contribution in [0, 0.1) is 5.82 Å². The second-order valence-electron chi connectivity index (χ2n) is 3.98. The normalized spacial score (nSPS) is 11.8. The topological polar surface area (TPSA) is 58.5 Å². The van der Waals surface area contributed by atoms with Crippen molar-refractivity contribution in [2.24, 2.45) is 5.10 Å². The fraction of sp³-hybridized carbons (Fsp3) is 0. The monoisotopic (exact) mass is 346 g/mol. The van der Waals surface area contributed by atoms with Crippen molar-refractivity contribution in [3.8, 4) is 0 Å². The zero-order valence-electron chi connectivity index (χ0n) is 10.4. The highest BCUT2D eigenvalue weighted by molar-refractivity contribution is 7.89. The largest absolute Gasteiger partial charge is 0.278 e. The first-order valence-corrected chi connectivity index (χ1v) is 7.88. The molecule has 2 aromatic rings. The van der Waals surface area contributed by atoms with E-state index < -0.39 is 15.8 Å². The average Bonchev–Trinajstić information content (AvgIpc) is 2.43. The molecule has 0 heterocycles. The summed E-state index contributed by atoms with van der Waals surface area (Å²) in [4.78, 5) is 1.84. The lowest BCUT2D eigenvalue weighted by molar-refractivity contribution is 0.584. The van der Waals surface area contributed by atoms with Crippen molar-refractivity contribution in [1.29, 1.82) is 0 Å². The summed E-state index contributed by atoms with van der Waals surface area (Å²) < 4.78 is 36.8. The number of nitrogens with one attached hydrogen (secondary N) is 1. The fourth-order valence-corrected chi connectivity index (χ4v) is 3.01. The average molecular weight is 347 g/mol. The van der Waals surface area contributed by atoms with Crippen molar-refractivity contribution < 1.29 is 12.8 Å². The molecule has 8 heteroatoms. The maximum Gasteiger partial charge on any atom is 0.278 e. The summed E-state index contributed by atoms with van der Waals surface area (Å²) >= 11 is 11.6. The van der Waals surface area contributed by atoms with E-state index in [0.717, 1.165) is 0 Å². The molecule has 0 fully saturated rings. The molecule has 0 aliphatic heterocycles. The summed E-state index contributed by atoms with van der Waals surface area (Å²) in [6.07, 6.45) is 1.25. The smallest absolute Gasteiger partial charge is 0.207 e. The molecule has 0 saturated heterocycles. The van der Waals surface area contributed by atoms with Gasteiger partial charge in [-0.25, -0.2) is 9.22 Å². The Balaban J connectivity index is 2.18. The lowest BCUT2D eigenvalue weighted by Crippen LogP contribution is -2.18. The highest BCUT2D eigenvalue weighted by atomic mass is 35.5. The Labute approximate surface area is 131 Å². The van der Waals surface area contributed by atoms with Gasteiger partial charge in [0.25, 0.3) is 10.0 Å². The van der Waals surface area contributed by atoms with Crippen LogP contribution in [0.2, 0.25) is 10.0 Å². The van der Waals surface area contributed by atoms with Gasteiger partial charge in [-0.2, -0.15) is 13.5 Å². The van der Waals surface area contributed by atoms with Crippen LogP contribution in [0.15, 0.2) is 52.5 Å². The summed E-state index contributed by atoms with van der Waals surface area (Å²) in [6.45, 7) is 0. The minimum Gasteiger partial charge on any atom is -0.207 e. The van der Waals surface area contributed by atoms with E-state index in [1.54, 1.807) is 0 Å². The number of nitrogens with zero attached hydrogens (tertiary/aromatic N) is 1. The molecule has 0 spiro atoms. The van der Waals surface area contributed by atoms with Gasteiger partial charge < -0.3 is 0 Å². The Hall–Kier alpha value is -1.63. The van der Waals surface area contributed by atoms with Gasteiger partial charge in [0.05, 0.1) is 11.2 Å². The molecule has 0 unspecified atom stereocenters. The molecule has 0 aliphatic rings. The van der Waals surface area contributed by atoms with Gasteiger partial charge in [-0.3, -0.25) is 0 Å². The van der Waals surface area contributed by atoms with E-state index in [4.69, 9.17) is 23.2 Å². The number of rotatable bonds is 4. The lowest BCUT2D eigenvalue weighted by Gasteiger charge is -2.05. The van der Waals surface area contributed by atoms with Crippen molar-refractivity contribution in [3.63, 3.8) is 0 Å². The molecule has 1 N–H and O–H groups in total. The predicted molar refractivity (Wildman–Crippen MR) is 80.8 cm³/mol. The third-order valence-electron chi connectivity index (χ3n) is 2.44. The van der Waals surface area contributed by atoms with Crippen LogP contribution in [0.4, 0.5) is 4.39 Å². The Kier molecular flexibility index (Phi) is 4.82. The van der Waals surface area contributed by atoms with Crippen molar-refractivity contribution >= 4 is 39.4 Å². The summed E-state index contributed by atoms with van der Waals surface area (Å²) in [5.41, 5.74) is 0.538. The SMILES string of the molecule is O=S(=O)(NN=Cc1ccc(F)cc1)c1cc(Cl)ccc1Cl. The van der Waals surface area contributed by atoms with Crippen LogP contribution in [0.1, 0.15) is 5.56 Å². The standard InChI is InChI=1S/C13H9Cl2FN2O2S/c14-10-3-6-12(15)13(7-10)21(19,20)18-17-8-9-1-4-11(16)5-2-9/h1-8,18H. The molecule has 0 aromatic heterocycles. The van der Waals surface area contributed by atoms with E-state index in [0.29, 0.717) is 5.56 Å². The van der Waals surface area contributed by atoms with Gasteiger partial charge in [0.2, 0.25) is 0 Å². The lowest BCUT2D eigenvalue weighted by atomic mass is 10.2. The third-order valence-corrected chi connectivity index (χ3v) is 4.38. The quantitative estimate of drug-likeness (QED) is 0.680. The first kappa shape index (κ1) is 15.8. The number of sulfonamides is 1. The van der Waals surface area contributed by atoms with Crippen LogP contribution in [-0.4, -0.2) is 14.6 Å². The number of halogens is 3. The maximum absolute atomic E-state index is 12.7. The number of hydrazone groups is 1. The molecule has 4 nitrogen and oxygen atoms in total. The van der Waals surface area contributed by atoms with E-state index in [-0.39, 0.29) is 14.9 Å². The molecule has 110 valence electrons. The van der Waals surface area contributed by atoms with Crippen molar-refractivity contribution in [2.75, 3.05) is 0 Å². The van der Waals surface area contributed by atoms with Crippen LogP contribution in [0.3, 0.4) is 0 Å². The zero-order chi connectivity index (χ0) is 15.5. The van der Waals surface area contributed by atoms with Crippen LogP contribution in [-0.2, 0) is 10.0 Å². The van der Waals surface area contributed by atoms with Gasteiger partial charge in [-0.05, 0) is 35.9 Å². The second kappa shape index (κ2) is 6.43. The Morgan fingerprint density at radius 2 is 1.76 bits per heavy atom. The van der Waals surface area contributed by atoms with Crippen LogP contribution >= 0.6 is 23.2 Å². The van der Waals surface area contributed by atoms with Gasteiger partial charge in [0.15, 0.2) is 0 Å². The summed E-state index contributed by atoms with van der Waals surface area (Å²) in [7, 11) is -3.93. The zero-order valence-corrected chi connectivity index (χ0v) is 12.8. The molecule has 0 aliphatic carbocycles. The van der Waals surface area contributed by atoms with Crippen LogP contribution in [0.25, 0.3) is 0 Å². The Morgan fingerprint density at radius 3 is 2.43 bits per heavy atom. The molecule has 21 heavy (non-hydrogen) atoms. The molecule has 2 aromatic carbocycles. The van der Waals surface area contributed by atoms with Crippen molar-refractivity contribution in [1.82, 2.24) is 4.83 Å². The molecule has 0 amide bonds. The summed E-state index contributed by atoms with van der Waals surface area (Å²) in [5, 5.41) is 3.87. The number of hydrogen-bond donors (Lipinski definition) is 1. The molecule has 2 rings (SSSR count). The highest BCUT2D eigenvalue weighted by Gasteiger charge is 2.17. The van der Waals surface area contributed by atoms with Crippen LogP contribution < -0.4 is 4.83 Å². The molecule has 0 radical (unpaired) electrons. The minimum absolute atomic E-state index is 0.0314. The summed E-state index contributed by atoms with van der Waals surface area (Å²) in [6, 6.07) is 9.47. The highest BCUT2D eigenvalue weighted by Crippen LogP contribution is 2.24. The first-order chi connectivity index (χ1) is 9.88. The maximum atomic E-state index is 12.7. The van der Waals surface area contributed by atoms with Crippen molar-refractivity contribution in [3.05, 3.63) is 63.9 Å². The summed E-state index contributed by atoms with van der Waals surface area (Å²) in [5.74, 6) is -0.390. The first-order valence-electron chi connectivity index (χ1n) is 5.64. The van der Waals surface area contributed by atoms with Gasteiger partial charge in [-0.1, -0.05) is 35.3 Å². The number of benzene rings is 2. The van der Waals surface area contributed by atoms with Gasteiger partial charge in [0.1, 0.15) is 10.7 Å². The molecular weight excluding hydrogens is 338 g/mol. The van der Waals surface area contributed by atoms with E-state index in [9.17, 15) is 12.8 Å². The van der Waals surface area contributed by atoms with E-state index in [1.807, 2.05) is 4.83 Å². The van der Waals surface area contributed by atoms with Gasteiger partial charge in [0, 0.05) is 5.02 Å². The molecule has 0 atom stereocenters. The van der Waals surface area contributed by atoms with Gasteiger partial charge in [-0.15, -0.1) is 0 Å². The second-order valence-corrected chi connectivity index (χ2v) is 6.45. The minimum atomic E-state index is -3.93. The van der Waals surface area contributed by atoms with E-state index in [1.165, 1.54) is 48.7 Å². The Morgan fingerprint density at radius 1 is 1.10 bits per heavy atom. The Bertz CT molecular complexity index is 777. The number of hydrogen-bond acceptors (Lipinski definition) is 3. The van der Waals surface area contributed by atoms with Crippen LogP contribution in [0.5, 0.6) is 0 Å². The fourth-order valence-electron chi connectivity index (χ4n) is 1.45. The third kappa shape index (κ3) is 4.17. The molecule has 0 bridgehead atoms. The van der Waals surface area contributed by atoms with E-state index >= 15 is 0 Å². The van der Waals surface area contributed by atoms with Gasteiger partial charge >= 0.3 is 0 Å². The molecule has 0 saturated carbocycles. The predicted octanol–water partition coefficient (Wildman–Crippen LogP) is 3.44. The van der Waals surface area contributed by atoms with E-state index in [2.05, 4.69) is 5.10 Å².